The van der Waals surface area contributed by atoms with Crippen LogP contribution in [0.1, 0.15) is 35.0 Å². The molecule has 2 aromatic carbocycles. The summed E-state index contributed by atoms with van der Waals surface area (Å²) in [4.78, 5) is 8.58. The maximum absolute atomic E-state index is 14.5. The molecule has 7 nitrogen and oxygen atoms in total. The Morgan fingerprint density at radius 3 is 2.36 bits per heavy atom. The summed E-state index contributed by atoms with van der Waals surface area (Å²) >= 11 is 0. The molecule has 0 aliphatic heterocycles. The third kappa shape index (κ3) is 5.30. The summed E-state index contributed by atoms with van der Waals surface area (Å²) in [5.74, 6) is 0.540. The number of aryl methyl sites for hydroxylation is 1. The maximum atomic E-state index is 14.5. The first-order chi connectivity index (χ1) is 17.0. The van der Waals surface area contributed by atoms with Gasteiger partial charge in [-0.2, -0.15) is 23.3 Å². The number of aromatic nitrogens is 4. The van der Waals surface area contributed by atoms with Crippen LogP contribution in [-0.2, 0) is 18.4 Å². The number of alkyl halides is 3. The molecule has 0 radical (unpaired) electrons. The van der Waals surface area contributed by atoms with Crippen molar-refractivity contribution in [1.82, 2.24) is 19.7 Å². The van der Waals surface area contributed by atoms with Gasteiger partial charge in [-0.15, -0.1) is 0 Å². The van der Waals surface area contributed by atoms with E-state index in [9.17, 15) is 22.7 Å². The third-order valence-electron chi connectivity index (χ3n) is 5.55. The zero-order valence-electron chi connectivity index (χ0n) is 19.5. The highest BCUT2D eigenvalue weighted by Crippen LogP contribution is 2.35. The summed E-state index contributed by atoms with van der Waals surface area (Å²) in [6.07, 6.45) is -2.01. The summed E-state index contributed by atoms with van der Waals surface area (Å²) in [5.41, 5.74) is -2.38. The van der Waals surface area contributed by atoms with Crippen molar-refractivity contribution >= 4 is 0 Å². The fourth-order valence-electron chi connectivity index (χ4n) is 3.54. The molecular formula is C25H22F4N4O3. The molecule has 188 valence electrons. The number of methoxy groups -OCH3 is 1. The molecule has 0 fully saturated rings. The SMILES string of the molecule is COc1ccc(COc2cc(-n3cc(C(C)(O)c4ccc(C(F)(F)F)cc4F)cn3)nc(C)n2)cc1. The van der Waals surface area contributed by atoms with Gasteiger partial charge in [0, 0.05) is 23.4 Å². The predicted octanol–water partition coefficient (Wildman–Crippen LogP) is 4.97. The Kier molecular flexibility index (Phi) is 6.68. The summed E-state index contributed by atoms with van der Waals surface area (Å²) in [6, 6.07) is 10.9. The largest absolute Gasteiger partial charge is 0.497 e. The number of nitrogens with zero attached hydrogens (tertiary/aromatic N) is 4. The van der Waals surface area contributed by atoms with Crippen LogP contribution in [0.3, 0.4) is 0 Å². The molecule has 36 heavy (non-hydrogen) atoms. The maximum Gasteiger partial charge on any atom is 0.416 e. The zero-order chi connectivity index (χ0) is 26.1. The lowest BCUT2D eigenvalue weighted by Gasteiger charge is -2.23. The lowest BCUT2D eigenvalue weighted by molar-refractivity contribution is -0.137. The van der Waals surface area contributed by atoms with Crippen LogP contribution < -0.4 is 9.47 Å². The van der Waals surface area contributed by atoms with Gasteiger partial charge in [-0.3, -0.25) is 0 Å². The predicted molar refractivity (Wildman–Crippen MR) is 121 cm³/mol. The Bertz CT molecular complexity index is 1370. The number of halogens is 4. The highest BCUT2D eigenvalue weighted by molar-refractivity contribution is 5.38. The Morgan fingerprint density at radius 1 is 1.00 bits per heavy atom. The second-order valence-corrected chi connectivity index (χ2v) is 8.19. The van der Waals surface area contributed by atoms with Gasteiger partial charge in [-0.05, 0) is 43.7 Å². The van der Waals surface area contributed by atoms with Gasteiger partial charge in [0.25, 0.3) is 0 Å². The minimum Gasteiger partial charge on any atom is -0.497 e. The molecule has 1 N–H and O–H groups in total. The molecule has 0 spiro atoms. The second-order valence-electron chi connectivity index (χ2n) is 8.19. The van der Waals surface area contributed by atoms with Gasteiger partial charge >= 0.3 is 6.18 Å². The average Bonchev–Trinajstić information content (AvgIpc) is 3.33. The third-order valence-corrected chi connectivity index (χ3v) is 5.55. The van der Waals surface area contributed by atoms with Gasteiger partial charge in [-0.1, -0.05) is 18.2 Å². The van der Waals surface area contributed by atoms with Gasteiger partial charge in [0.1, 0.15) is 29.6 Å². The number of benzene rings is 2. The quantitative estimate of drug-likeness (QED) is 0.360. The van der Waals surface area contributed by atoms with E-state index in [2.05, 4.69) is 15.1 Å². The molecule has 0 aliphatic rings. The number of hydrogen-bond acceptors (Lipinski definition) is 6. The van der Waals surface area contributed by atoms with Gasteiger partial charge in [0.05, 0.1) is 18.9 Å². The van der Waals surface area contributed by atoms with E-state index in [-0.39, 0.29) is 23.6 Å². The van der Waals surface area contributed by atoms with Gasteiger partial charge in [-0.25, -0.2) is 14.1 Å². The highest BCUT2D eigenvalue weighted by atomic mass is 19.4. The van der Waals surface area contributed by atoms with E-state index in [4.69, 9.17) is 9.47 Å². The van der Waals surface area contributed by atoms with Crippen molar-refractivity contribution in [1.29, 1.82) is 0 Å². The minimum atomic E-state index is -4.70. The lowest BCUT2D eigenvalue weighted by Crippen LogP contribution is -2.24. The zero-order valence-corrected chi connectivity index (χ0v) is 19.5. The molecule has 0 saturated carbocycles. The first kappa shape index (κ1) is 25.1. The summed E-state index contributed by atoms with van der Waals surface area (Å²) in [6.45, 7) is 3.18. The monoisotopic (exact) mass is 502 g/mol. The Balaban J connectivity index is 1.56. The molecule has 0 aliphatic carbocycles. The van der Waals surface area contributed by atoms with Crippen LogP contribution in [0, 0.1) is 12.7 Å². The Hall–Kier alpha value is -3.99. The number of hydrogen-bond donors (Lipinski definition) is 1. The standard InChI is InChI=1S/C25H22F4N4O3/c1-15-31-22(11-23(32-15)36-14-16-4-7-19(35-3)8-5-16)33-13-18(12-30-33)24(2,34)20-9-6-17(10-21(20)26)25(27,28)29/h4-13,34H,14H2,1-3H3. The second kappa shape index (κ2) is 9.57. The van der Waals surface area contributed by atoms with Crippen molar-refractivity contribution < 1.29 is 32.1 Å². The molecule has 0 saturated heterocycles. The van der Waals surface area contributed by atoms with Crippen molar-refractivity contribution in [2.45, 2.75) is 32.2 Å². The molecule has 0 bridgehead atoms. The lowest BCUT2D eigenvalue weighted by atomic mass is 9.89. The topological polar surface area (TPSA) is 82.3 Å². The molecule has 4 rings (SSSR count). The smallest absolute Gasteiger partial charge is 0.416 e. The normalized spacial score (nSPS) is 13.3. The van der Waals surface area contributed by atoms with E-state index in [0.29, 0.717) is 17.7 Å². The van der Waals surface area contributed by atoms with Crippen LogP contribution in [0.15, 0.2) is 60.9 Å². The summed E-state index contributed by atoms with van der Waals surface area (Å²) in [5, 5.41) is 15.2. The number of ether oxygens (including phenoxy) is 2. The Labute approximate surface area is 204 Å². The molecular weight excluding hydrogens is 480 g/mol. The van der Waals surface area contributed by atoms with Crippen LogP contribution in [0.2, 0.25) is 0 Å². The van der Waals surface area contributed by atoms with Gasteiger partial charge in [0.2, 0.25) is 5.88 Å². The van der Waals surface area contributed by atoms with E-state index in [1.165, 1.54) is 24.0 Å². The number of aliphatic hydroxyl groups is 1. The molecule has 0 amide bonds. The first-order valence-electron chi connectivity index (χ1n) is 10.7. The minimum absolute atomic E-state index is 0.151. The van der Waals surface area contributed by atoms with Crippen molar-refractivity contribution in [2.75, 3.05) is 7.11 Å². The molecule has 2 aromatic heterocycles. The van der Waals surface area contributed by atoms with Crippen LogP contribution in [-0.4, -0.2) is 32.0 Å². The van der Waals surface area contributed by atoms with E-state index in [1.54, 1.807) is 20.1 Å². The van der Waals surface area contributed by atoms with E-state index >= 15 is 0 Å². The highest BCUT2D eigenvalue weighted by Gasteiger charge is 2.35. The Morgan fingerprint density at radius 2 is 1.72 bits per heavy atom. The molecule has 11 heteroatoms. The fourth-order valence-corrected chi connectivity index (χ4v) is 3.54. The molecule has 1 atom stereocenters. The average molecular weight is 502 g/mol. The summed E-state index contributed by atoms with van der Waals surface area (Å²) < 4.78 is 65.4. The van der Waals surface area contributed by atoms with Gasteiger partial charge < -0.3 is 14.6 Å². The van der Waals surface area contributed by atoms with Crippen LogP contribution in [0.4, 0.5) is 17.6 Å². The molecule has 2 heterocycles. The fraction of sp³-hybridized carbons (Fsp3) is 0.240. The first-order valence-corrected chi connectivity index (χ1v) is 10.7. The van der Waals surface area contributed by atoms with Crippen LogP contribution in [0.5, 0.6) is 11.6 Å². The number of rotatable bonds is 7. The van der Waals surface area contributed by atoms with Crippen molar-refractivity contribution in [3.05, 3.63) is 94.8 Å². The van der Waals surface area contributed by atoms with Crippen molar-refractivity contribution in [3.8, 4) is 17.4 Å². The van der Waals surface area contributed by atoms with Gasteiger partial charge in [0.15, 0.2) is 5.82 Å². The van der Waals surface area contributed by atoms with E-state index in [0.717, 1.165) is 23.4 Å². The summed E-state index contributed by atoms with van der Waals surface area (Å²) in [7, 11) is 1.58. The van der Waals surface area contributed by atoms with Crippen LogP contribution in [0.25, 0.3) is 5.82 Å². The van der Waals surface area contributed by atoms with E-state index < -0.39 is 23.2 Å². The van der Waals surface area contributed by atoms with E-state index in [1.807, 2.05) is 24.3 Å². The molecule has 4 aromatic rings. The van der Waals surface area contributed by atoms with Crippen molar-refractivity contribution in [2.24, 2.45) is 0 Å². The van der Waals surface area contributed by atoms with Crippen LogP contribution >= 0.6 is 0 Å². The van der Waals surface area contributed by atoms with Crippen molar-refractivity contribution in [3.63, 3.8) is 0 Å². The molecule has 1 unspecified atom stereocenters.